The zero-order valence-electron chi connectivity index (χ0n) is 12.4. The molecule has 118 valence electrons. The molecule has 0 atom stereocenters. The SMILES string of the molecule is Cc1ccc([N+](=O)[O-])c(NC(=O)CNC(=O)NC2CC2)c1C. The number of carbonyl (C=O) groups excluding carboxylic acids is 2. The Morgan fingerprint density at radius 1 is 1.32 bits per heavy atom. The van der Waals surface area contributed by atoms with Crippen LogP contribution in [0.1, 0.15) is 24.0 Å². The number of carbonyl (C=O) groups is 2. The lowest BCUT2D eigenvalue weighted by Crippen LogP contribution is -2.41. The van der Waals surface area contributed by atoms with Crippen LogP contribution in [0.5, 0.6) is 0 Å². The molecule has 3 amide bonds. The molecule has 8 nitrogen and oxygen atoms in total. The largest absolute Gasteiger partial charge is 0.335 e. The van der Waals surface area contributed by atoms with E-state index in [2.05, 4.69) is 16.0 Å². The van der Waals surface area contributed by atoms with Gasteiger partial charge in [-0.25, -0.2) is 4.79 Å². The van der Waals surface area contributed by atoms with Crippen LogP contribution in [-0.4, -0.2) is 29.4 Å². The highest BCUT2D eigenvalue weighted by molar-refractivity contribution is 5.97. The van der Waals surface area contributed by atoms with E-state index in [0.29, 0.717) is 5.56 Å². The highest BCUT2D eigenvalue weighted by atomic mass is 16.6. The van der Waals surface area contributed by atoms with Crippen LogP contribution >= 0.6 is 0 Å². The zero-order chi connectivity index (χ0) is 16.3. The van der Waals surface area contributed by atoms with Crippen molar-refractivity contribution in [3.8, 4) is 0 Å². The Hall–Kier alpha value is -2.64. The molecule has 1 saturated carbocycles. The Bertz CT molecular complexity index is 626. The van der Waals surface area contributed by atoms with Gasteiger partial charge in [-0.3, -0.25) is 14.9 Å². The molecule has 3 N–H and O–H groups in total. The number of anilines is 1. The van der Waals surface area contributed by atoms with E-state index in [1.54, 1.807) is 19.9 Å². The summed E-state index contributed by atoms with van der Waals surface area (Å²) in [6.45, 7) is 3.25. The number of rotatable bonds is 5. The van der Waals surface area contributed by atoms with E-state index in [1.807, 2.05) is 0 Å². The second kappa shape index (κ2) is 6.42. The maximum Gasteiger partial charge on any atom is 0.315 e. The van der Waals surface area contributed by atoms with Crippen LogP contribution in [-0.2, 0) is 4.79 Å². The number of benzene rings is 1. The summed E-state index contributed by atoms with van der Waals surface area (Å²) in [5.74, 6) is -0.511. The minimum atomic E-state index is -0.546. The molecule has 2 rings (SSSR count). The highest BCUT2D eigenvalue weighted by Crippen LogP contribution is 2.30. The summed E-state index contributed by atoms with van der Waals surface area (Å²) in [5.41, 5.74) is 1.46. The maximum absolute atomic E-state index is 11.9. The van der Waals surface area contributed by atoms with E-state index in [0.717, 1.165) is 18.4 Å². The van der Waals surface area contributed by atoms with Gasteiger partial charge < -0.3 is 16.0 Å². The van der Waals surface area contributed by atoms with Gasteiger partial charge >= 0.3 is 6.03 Å². The van der Waals surface area contributed by atoms with Crippen molar-refractivity contribution in [3.05, 3.63) is 33.4 Å². The van der Waals surface area contributed by atoms with Crippen molar-refractivity contribution in [2.24, 2.45) is 0 Å². The van der Waals surface area contributed by atoms with Crippen molar-refractivity contribution < 1.29 is 14.5 Å². The van der Waals surface area contributed by atoms with E-state index in [4.69, 9.17) is 0 Å². The number of nitro groups is 1. The van der Waals surface area contributed by atoms with Crippen LogP contribution in [0.2, 0.25) is 0 Å². The number of nitrogens with zero attached hydrogens (tertiary/aromatic N) is 1. The molecule has 0 aliphatic heterocycles. The Balaban J connectivity index is 1.99. The van der Waals surface area contributed by atoms with Crippen LogP contribution in [0.15, 0.2) is 12.1 Å². The first-order valence-electron chi connectivity index (χ1n) is 6.97. The Morgan fingerprint density at radius 2 is 2.00 bits per heavy atom. The Labute approximate surface area is 127 Å². The molecule has 8 heteroatoms. The Morgan fingerprint density at radius 3 is 2.59 bits per heavy atom. The number of nitro benzene ring substituents is 1. The first kappa shape index (κ1) is 15.7. The summed E-state index contributed by atoms with van der Waals surface area (Å²) < 4.78 is 0. The van der Waals surface area contributed by atoms with Crippen LogP contribution in [0.25, 0.3) is 0 Å². The van der Waals surface area contributed by atoms with E-state index in [9.17, 15) is 19.7 Å². The second-order valence-corrected chi connectivity index (χ2v) is 5.31. The Kier molecular flexibility index (Phi) is 4.59. The maximum atomic E-state index is 11.9. The molecule has 0 heterocycles. The zero-order valence-corrected chi connectivity index (χ0v) is 12.4. The minimum Gasteiger partial charge on any atom is -0.335 e. The van der Waals surface area contributed by atoms with Crippen molar-refractivity contribution in [2.45, 2.75) is 32.7 Å². The molecule has 1 aromatic carbocycles. The fourth-order valence-electron chi connectivity index (χ4n) is 1.92. The molecular weight excluding hydrogens is 288 g/mol. The third-order valence-electron chi connectivity index (χ3n) is 3.50. The van der Waals surface area contributed by atoms with Crippen molar-refractivity contribution in [3.63, 3.8) is 0 Å². The van der Waals surface area contributed by atoms with Crippen LogP contribution in [0.3, 0.4) is 0 Å². The average molecular weight is 306 g/mol. The fraction of sp³-hybridized carbons (Fsp3) is 0.429. The minimum absolute atomic E-state index is 0.166. The topological polar surface area (TPSA) is 113 Å². The molecule has 0 radical (unpaired) electrons. The van der Waals surface area contributed by atoms with Crippen molar-refractivity contribution >= 4 is 23.3 Å². The smallest absolute Gasteiger partial charge is 0.315 e. The van der Waals surface area contributed by atoms with Gasteiger partial charge in [-0.15, -0.1) is 0 Å². The van der Waals surface area contributed by atoms with Gasteiger partial charge in [0.05, 0.1) is 11.5 Å². The first-order chi connectivity index (χ1) is 10.4. The van der Waals surface area contributed by atoms with Crippen molar-refractivity contribution in [1.82, 2.24) is 10.6 Å². The third-order valence-corrected chi connectivity index (χ3v) is 3.50. The quantitative estimate of drug-likeness (QED) is 0.566. The van der Waals surface area contributed by atoms with Crippen LogP contribution in [0, 0.1) is 24.0 Å². The summed E-state index contributed by atoms with van der Waals surface area (Å²) in [6.07, 6.45) is 1.91. The molecule has 1 aromatic rings. The van der Waals surface area contributed by atoms with Gasteiger partial charge in [0.25, 0.3) is 5.69 Å². The monoisotopic (exact) mass is 306 g/mol. The summed E-state index contributed by atoms with van der Waals surface area (Å²) in [7, 11) is 0. The van der Waals surface area contributed by atoms with Crippen LogP contribution in [0.4, 0.5) is 16.2 Å². The summed E-state index contributed by atoms with van der Waals surface area (Å²) in [5, 5.41) is 18.6. The van der Waals surface area contributed by atoms with Gasteiger partial charge in [-0.2, -0.15) is 0 Å². The number of nitrogens with one attached hydrogen (secondary N) is 3. The molecule has 0 bridgehead atoms. The lowest BCUT2D eigenvalue weighted by molar-refractivity contribution is -0.384. The number of hydrogen-bond acceptors (Lipinski definition) is 4. The number of amides is 3. The van der Waals surface area contributed by atoms with Gasteiger partial charge in [0.1, 0.15) is 5.69 Å². The molecule has 1 fully saturated rings. The van der Waals surface area contributed by atoms with E-state index < -0.39 is 16.9 Å². The molecule has 0 saturated heterocycles. The summed E-state index contributed by atoms with van der Waals surface area (Å²) >= 11 is 0. The molecule has 22 heavy (non-hydrogen) atoms. The molecule has 1 aliphatic carbocycles. The molecule has 0 aromatic heterocycles. The fourth-order valence-corrected chi connectivity index (χ4v) is 1.92. The summed E-state index contributed by atoms with van der Waals surface area (Å²) in [6, 6.07) is 2.77. The highest BCUT2D eigenvalue weighted by Gasteiger charge is 2.23. The van der Waals surface area contributed by atoms with Gasteiger partial charge in [0, 0.05) is 12.1 Å². The normalized spacial score (nSPS) is 13.4. The molecule has 1 aliphatic rings. The first-order valence-corrected chi connectivity index (χ1v) is 6.97. The lowest BCUT2D eigenvalue weighted by atomic mass is 10.1. The number of urea groups is 1. The average Bonchev–Trinajstić information content (AvgIpc) is 3.25. The third kappa shape index (κ3) is 3.94. The molecular formula is C14H18N4O4. The number of hydrogen-bond donors (Lipinski definition) is 3. The van der Waals surface area contributed by atoms with Gasteiger partial charge in [0.2, 0.25) is 5.91 Å². The number of aryl methyl sites for hydroxylation is 1. The van der Waals surface area contributed by atoms with Gasteiger partial charge in [-0.05, 0) is 37.8 Å². The van der Waals surface area contributed by atoms with Gasteiger partial charge in [0.15, 0.2) is 0 Å². The van der Waals surface area contributed by atoms with Gasteiger partial charge in [-0.1, -0.05) is 6.07 Å². The van der Waals surface area contributed by atoms with E-state index in [1.165, 1.54) is 6.07 Å². The predicted octanol–water partition coefficient (Wildman–Crippen LogP) is 1.61. The van der Waals surface area contributed by atoms with E-state index in [-0.39, 0.29) is 24.0 Å². The standard InChI is InChI=1S/C14H18N4O4/c1-8-3-6-11(18(21)22)13(9(8)2)17-12(19)7-15-14(20)16-10-4-5-10/h3,6,10H,4-5,7H2,1-2H3,(H,17,19)(H2,15,16,20). The van der Waals surface area contributed by atoms with E-state index >= 15 is 0 Å². The summed E-state index contributed by atoms with van der Waals surface area (Å²) in [4.78, 5) is 33.8. The lowest BCUT2D eigenvalue weighted by Gasteiger charge is -2.11. The predicted molar refractivity (Wildman–Crippen MR) is 80.8 cm³/mol. The van der Waals surface area contributed by atoms with Crippen LogP contribution < -0.4 is 16.0 Å². The van der Waals surface area contributed by atoms with Crippen molar-refractivity contribution in [2.75, 3.05) is 11.9 Å². The second-order valence-electron chi connectivity index (χ2n) is 5.31. The van der Waals surface area contributed by atoms with Crippen molar-refractivity contribution in [1.29, 1.82) is 0 Å². The molecule has 0 spiro atoms. The molecule has 0 unspecified atom stereocenters.